The average molecular weight is 322 g/mol. The van der Waals surface area contributed by atoms with Crippen LogP contribution in [0.3, 0.4) is 0 Å². The van der Waals surface area contributed by atoms with Crippen LogP contribution >= 0.6 is 0 Å². The Morgan fingerprint density at radius 3 is 2.14 bits per heavy atom. The molecule has 22 heavy (non-hydrogen) atoms. The Morgan fingerprint density at radius 1 is 1.09 bits per heavy atom. The maximum Gasteiger partial charge on any atom is 0.276 e. The Kier molecular flexibility index (Phi) is 5.27. The molecule has 0 aromatic heterocycles. The number of sulfonamides is 1. The van der Waals surface area contributed by atoms with Gasteiger partial charge in [-0.1, -0.05) is 44.4 Å². The van der Waals surface area contributed by atoms with Crippen LogP contribution in [-0.2, 0) is 10.0 Å². The minimum Gasteiger partial charge on any atom is -0.200 e. The predicted octanol–water partition coefficient (Wildman–Crippen LogP) is 4.01. The first-order valence-electron chi connectivity index (χ1n) is 8.05. The van der Waals surface area contributed by atoms with Gasteiger partial charge in [0.1, 0.15) is 0 Å². The van der Waals surface area contributed by atoms with Crippen LogP contribution in [0, 0.1) is 12.3 Å². The first kappa shape index (κ1) is 17.0. The Bertz CT molecular complexity index is 617. The summed E-state index contributed by atoms with van der Waals surface area (Å²) < 4.78 is 24.4. The zero-order chi connectivity index (χ0) is 16.2. The molecular formula is C17H26N2O2S. The maximum absolute atomic E-state index is 12.2. The highest BCUT2D eigenvalue weighted by atomic mass is 32.2. The zero-order valence-corrected chi connectivity index (χ0v) is 14.5. The van der Waals surface area contributed by atoms with E-state index in [1.807, 2.05) is 6.92 Å². The highest BCUT2D eigenvalue weighted by Crippen LogP contribution is 2.46. The molecule has 1 aromatic carbocycles. The standard InChI is InChI=1S/C17H26N2O2S/c1-4-10-17(11-5-2)12-15(13-17)18-19-22(20,21)16-8-6-14(3)7-9-16/h6-9,19H,4-5,10-13H2,1-3H3. The molecule has 0 heterocycles. The van der Waals surface area contributed by atoms with Gasteiger partial charge in [0, 0.05) is 5.71 Å². The van der Waals surface area contributed by atoms with Gasteiger partial charge in [0.15, 0.2) is 0 Å². The summed E-state index contributed by atoms with van der Waals surface area (Å²) in [7, 11) is -3.55. The van der Waals surface area contributed by atoms with Crippen LogP contribution in [0.2, 0.25) is 0 Å². The number of hydrazone groups is 1. The van der Waals surface area contributed by atoms with Crippen molar-refractivity contribution >= 4 is 15.7 Å². The van der Waals surface area contributed by atoms with Gasteiger partial charge in [-0.25, -0.2) is 4.83 Å². The number of hydrogen-bond acceptors (Lipinski definition) is 3. The molecule has 1 fully saturated rings. The van der Waals surface area contributed by atoms with Crippen molar-refractivity contribution in [2.45, 2.75) is 64.2 Å². The lowest BCUT2D eigenvalue weighted by molar-refractivity contribution is 0.212. The molecule has 2 rings (SSSR count). The predicted molar refractivity (Wildman–Crippen MR) is 90.4 cm³/mol. The van der Waals surface area contributed by atoms with E-state index in [2.05, 4.69) is 23.8 Å². The van der Waals surface area contributed by atoms with Gasteiger partial charge in [-0.05, 0) is 50.2 Å². The summed E-state index contributed by atoms with van der Waals surface area (Å²) in [5, 5.41) is 4.14. The minimum atomic E-state index is -3.55. The molecule has 0 unspecified atom stereocenters. The van der Waals surface area contributed by atoms with E-state index in [0.717, 1.165) is 24.1 Å². The fraction of sp³-hybridized carbons (Fsp3) is 0.588. The van der Waals surface area contributed by atoms with Gasteiger partial charge in [0.25, 0.3) is 10.0 Å². The lowest BCUT2D eigenvalue weighted by Gasteiger charge is -2.43. The second-order valence-corrected chi connectivity index (χ2v) is 8.10. The smallest absolute Gasteiger partial charge is 0.200 e. The molecule has 1 aromatic rings. The van der Waals surface area contributed by atoms with Gasteiger partial charge in [0.05, 0.1) is 4.90 Å². The van der Waals surface area contributed by atoms with E-state index in [1.165, 1.54) is 25.7 Å². The summed E-state index contributed by atoms with van der Waals surface area (Å²) in [5.41, 5.74) is 2.36. The maximum atomic E-state index is 12.2. The lowest BCUT2D eigenvalue weighted by Crippen LogP contribution is -2.39. The van der Waals surface area contributed by atoms with Crippen molar-refractivity contribution in [1.82, 2.24) is 4.83 Å². The molecular weight excluding hydrogens is 296 g/mol. The second-order valence-electron chi connectivity index (χ2n) is 6.44. The molecule has 0 saturated heterocycles. The molecule has 1 N–H and O–H groups in total. The molecule has 0 bridgehead atoms. The van der Waals surface area contributed by atoms with Crippen LogP contribution in [0.25, 0.3) is 0 Å². The van der Waals surface area contributed by atoms with E-state index < -0.39 is 10.0 Å². The van der Waals surface area contributed by atoms with Crippen molar-refractivity contribution < 1.29 is 8.42 Å². The quantitative estimate of drug-likeness (QED) is 0.771. The van der Waals surface area contributed by atoms with Crippen molar-refractivity contribution in [2.75, 3.05) is 0 Å². The number of hydrogen-bond donors (Lipinski definition) is 1. The number of aryl methyl sites for hydroxylation is 1. The molecule has 122 valence electrons. The number of rotatable bonds is 7. The van der Waals surface area contributed by atoms with Crippen LogP contribution in [-0.4, -0.2) is 14.1 Å². The molecule has 0 amide bonds. The van der Waals surface area contributed by atoms with Gasteiger partial charge in [0.2, 0.25) is 0 Å². The summed E-state index contributed by atoms with van der Waals surface area (Å²) in [6, 6.07) is 6.80. The molecule has 1 aliphatic rings. The fourth-order valence-corrected chi connectivity index (χ4v) is 4.18. The van der Waals surface area contributed by atoms with E-state index in [-0.39, 0.29) is 4.90 Å². The van der Waals surface area contributed by atoms with E-state index in [0.29, 0.717) is 5.41 Å². The zero-order valence-electron chi connectivity index (χ0n) is 13.7. The molecule has 4 nitrogen and oxygen atoms in total. The van der Waals surface area contributed by atoms with E-state index in [4.69, 9.17) is 0 Å². The van der Waals surface area contributed by atoms with E-state index in [1.54, 1.807) is 24.3 Å². The van der Waals surface area contributed by atoms with Crippen LogP contribution in [0.5, 0.6) is 0 Å². The Hall–Kier alpha value is -1.36. The molecule has 0 aliphatic heterocycles. The second kappa shape index (κ2) is 6.82. The summed E-state index contributed by atoms with van der Waals surface area (Å²) in [6.07, 6.45) is 6.58. The van der Waals surface area contributed by atoms with E-state index in [9.17, 15) is 8.42 Å². The van der Waals surface area contributed by atoms with Crippen LogP contribution < -0.4 is 4.83 Å². The molecule has 0 spiro atoms. The molecule has 0 atom stereocenters. The third kappa shape index (κ3) is 3.88. The third-order valence-electron chi connectivity index (χ3n) is 4.37. The monoisotopic (exact) mass is 322 g/mol. The molecule has 1 aliphatic carbocycles. The van der Waals surface area contributed by atoms with Crippen LogP contribution in [0.1, 0.15) is 57.9 Å². The largest absolute Gasteiger partial charge is 0.276 e. The highest BCUT2D eigenvalue weighted by Gasteiger charge is 2.40. The first-order chi connectivity index (χ1) is 10.4. The van der Waals surface area contributed by atoms with Gasteiger partial charge in [-0.15, -0.1) is 0 Å². The first-order valence-corrected chi connectivity index (χ1v) is 9.53. The lowest BCUT2D eigenvalue weighted by atomic mass is 9.62. The minimum absolute atomic E-state index is 0.259. The van der Waals surface area contributed by atoms with Crippen LogP contribution in [0.15, 0.2) is 34.3 Å². The number of nitrogens with one attached hydrogen (secondary N) is 1. The topological polar surface area (TPSA) is 58.5 Å². The Labute approximate surface area is 134 Å². The number of nitrogens with zero attached hydrogens (tertiary/aromatic N) is 1. The number of benzene rings is 1. The molecule has 5 heteroatoms. The van der Waals surface area contributed by atoms with Crippen molar-refractivity contribution in [1.29, 1.82) is 0 Å². The summed E-state index contributed by atoms with van der Waals surface area (Å²) in [4.78, 5) is 2.64. The normalized spacial score (nSPS) is 17.0. The fourth-order valence-electron chi connectivity index (χ4n) is 3.33. The Morgan fingerprint density at radius 2 is 1.64 bits per heavy atom. The third-order valence-corrected chi connectivity index (χ3v) is 5.60. The summed E-state index contributed by atoms with van der Waals surface area (Å²) in [5.74, 6) is 0. The van der Waals surface area contributed by atoms with Gasteiger partial charge in [-0.2, -0.15) is 13.5 Å². The SMILES string of the molecule is CCCC1(CCC)CC(=NNS(=O)(=O)c2ccc(C)cc2)C1. The molecule has 1 saturated carbocycles. The summed E-state index contributed by atoms with van der Waals surface area (Å²) >= 11 is 0. The summed E-state index contributed by atoms with van der Waals surface area (Å²) in [6.45, 7) is 6.33. The highest BCUT2D eigenvalue weighted by molar-refractivity contribution is 7.89. The van der Waals surface area contributed by atoms with Crippen molar-refractivity contribution in [3.8, 4) is 0 Å². The van der Waals surface area contributed by atoms with Gasteiger partial charge >= 0.3 is 0 Å². The van der Waals surface area contributed by atoms with Crippen molar-refractivity contribution in [3.05, 3.63) is 29.8 Å². The van der Waals surface area contributed by atoms with Crippen molar-refractivity contribution in [3.63, 3.8) is 0 Å². The Balaban J connectivity index is 1.99. The van der Waals surface area contributed by atoms with Crippen LogP contribution in [0.4, 0.5) is 0 Å². The van der Waals surface area contributed by atoms with Crippen molar-refractivity contribution in [2.24, 2.45) is 10.5 Å². The average Bonchev–Trinajstić information content (AvgIpc) is 2.43. The molecule has 0 radical (unpaired) electrons. The van der Waals surface area contributed by atoms with E-state index >= 15 is 0 Å². The van der Waals surface area contributed by atoms with Gasteiger partial charge < -0.3 is 0 Å². The van der Waals surface area contributed by atoms with Gasteiger partial charge in [-0.3, -0.25) is 0 Å².